The van der Waals surface area contributed by atoms with Crippen molar-refractivity contribution in [1.29, 1.82) is 0 Å². The minimum absolute atomic E-state index is 0.111. The topological polar surface area (TPSA) is 58.3 Å². The van der Waals surface area contributed by atoms with E-state index >= 15 is 0 Å². The zero-order chi connectivity index (χ0) is 10.1. The van der Waals surface area contributed by atoms with Crippen LogP contribution in [0.1, 0.15) is 30.2 Å². The molecule has 78 valence electrons. The highest BCUT2D eigenvalue weighted by Crippen LogP contribution is 2.19. The minimum atomic E-state index is -0.111. The Balaban J connectivity index is 1.80. The molecular weight excluding hydrogens is 180 g/mol. The Labute approximate surface area is 83.3 Å². The van der Waals surface area contributed by atoms with Crippen LogP contribution in [-0.2, 0) is 6.54 Å². The number of nitrogens with one attached hydrogen (secondary N) is 1. The number of nitrogens with zero attached hydrogens (tertiary/aromatic N) is 1. The highest BCUT2D eigenvalue weighted by atomic mass is 16.4. The Hall–Kier alpha value is -0.870. The lowest BCUT2D eigenvalue weighted by molar-refractivity contribution is 0.0609. The van der Waals surface area contributed by atoms with Crippen molar-refractivity contribution in [2.24, 2.45) is 0 Å². The van der Waals surface area contributed by atoms with Gasteiger partial charge in [-0.2, -0.15) is 0 Å². The lowest BCUT2D eigenvalue weighted by atomic mass is 9.90. The molecule has 4 nitrogen and oxygen atoms in total. The molecule has 0 atom stereocenters. The van der Waals surface area contributed by atoms with Crippen molar-refractivity contribution in [3.63, 3.8) is 0 Å². The van der Waals surface area contributed by atoms with E-state index < -0.39 is 0 Å². The summed E-state index contributed by atoms with van der Waals surface area (Å²) >= 11 is 0. The van der Waals surface area contributed by atoms with Crippen molar-refractivity contribution in [3.8, 4) is 0 Å². The van der Waals surface area contributed by atoms with Crippen LogP contribution in [0.3, 0.4) is 0 Å². The van der Waals surface area contributed by atoms with Crippen LogP contribution in [0.5, 0.6) is 0 Å². The molecule has 0 saturated heterocycles. The maximum absolute atomic E-state index is 9.08. The number of aryl methyl sites for hydroxylation is 2. The van der Waals surface area contributed by atoms with E-state index in [2.05, 4.69) is 10.3 Å². The van der Waals surface area contributed by atoms with Gasteiger partial charge in [-0.1, -0.05) is 0 Å². The Bertz CT molecular complexity index is 296. The first-order valence-electron chi connectivity index (χ1n) is 4.99. The number of rotatable bonds is 3. The van der Waals surface area contributed by atoms with E-state index in [4.69, 9.17) is 9.52 Å². The fourth-order valence-electron chi connectivity index (χ4n) is 1.60. The maximum atomic E-state index is 9.08. The van der Waals surface area contributed by atoms with Crippen LogP contribution < -0.4 is 5.32 Å². The summed E-state index contributed by atoms with van der Waals surface area (Å²) < 4.78 is 5.42. The fraction of sp³-hybridized carbons (Fsp3) is 0.700. The molecule has 1 saturated carbocycles. The molecule has 1 aromatic heterocycles. The lowest BCUT2D eigenvalue weighted by Gasteiger charge is -2.31. The van der Waals surface area contributed by atoms with Crippen LogP contribution in [0.2, 0.25) is 0 Å². The summed E-state index contributed by atoms with van der Waals surface area (Å²) in [5.74, 6) is 1.62. The second-order valence-electron chi connectivity index (χ2n) is 3.95. The minimum Gasteiger partial charge on any atom is -0.444 e. The van der Waals surface area contributed by atoms with Crippen LogP contribution in [0.25, 0.3) is 0 Å². The summed E-state index contributed by atoms with van der Waals surface area (Å²) in [6, 6.07) is 0.428. The van der Waals surface area contributed by atoms with Gasteiger partial charge in [-0.3, -0.25) is 0 Å². The van der Waals surface area contributed by atoms with Crippen molar-refractivity contribution in [2.45, 2.75) is 45.4 Å². The number of aliphatic hydroxyl groups excluding tert-OH is 1. The quantitative estimate of drug-likeness (QED) is 0.754. The molecule has 0 unspecified atom stereocenters. The van der Waals surface area contributed by atoms with E-state index in [1.165, 1.54) is 0 Å². The summed E-state index contributed by atoms with van der Waals surface area (Å²) in [5, 5.41) is 12.4. The van der Waals surface area contributed by atoms with Crippen LogP contribution in [0, 0.1) is 13.8 Å². The average molecular weight is 196 g/mol. The van der Waals surface area contributed by atoms with Crippen molar-refractivity contribution >= 4 is 0 Å². The lowest BCUT2D eigenvalue weighted by Crippen LogP contribution is -2.43. The molecule has 0 radical (unpaired) electrons. The molecule has 0 aliphatic heterocycles. The first-order valence-corrected chi connectivity index (χ1v) is 4.99. The van der Waals surface area contributed by atoms with Gasteiger partial charge in [0.05, 0.1) is 18.3 Å². The number of hydrogen-bond donors (Lipinski definition) is 2. The van der Waals surface area contributed by atoms with Gasteiger partial charge in [0.15, 0.2) is 0 Å². The summed E-state index contributed by atoms with van der Waals surface area (Å²) in [4.78, 5) is 4.27. The molecule has 0 amide bonds. The molecule has 2 N–H and O–H groups in total. The van der Waals surface area contributed by atoms with Gasteiger partial charge >= 0.3 is 0 Å². The first kappa shape index (κ1) is 9.68. The molecular formula is C10H16N2O2. The average Bonchev–Trinajstić information content (AvgIpc) is 2.39. The third-order valence-corrected chi connectivity index (χ3v) is 2.73. The van der Waals surface area contributed by atoms with Crippen molar-refractivity contribution in [1.82, 2.24) is 10.3 Å². The Morgan fingerprint density at radius 1 is 1.50 bits per heavy atom. The highest BCUT2D eigenvalue weighted by Gasteiger charge is 2.26. The Morgan fingerprint density at radius 3 is 2.71 bits per heavy atom. The van der Waals surface area contributed by atoms with Gasteiger partial charge < -0.3 is 14.8 Å². The molecule has 1 fully saturated rings. The zero-order valence-corrected chi connectivity index (χ0v) is 8.58. The normalized spacial score (nSPS) is 26.2. The molecule has 1 aliphatic carbocycles. The largest absolute Gasteiger partial charge is 0.444 e. The number of oxazole rings is 1. The fourth-order valence-corrected chi connectivity index (χ4v) is 1.60. The van der Waals surface area contributed by atoms with Crippen LogP contribution >= 0.6 is 0 Å². The van der Waals surface area contributed by atoms with Crippen molar-refractivity contribution < 1.29 is 9.52 Å². The van der Waals surface area contributed by atoms with Crippen molar-refractivity contribution in [3.05, 3.63) is 17.3 Å². The van der Waals surface area contributed by atoms with Gasteiger partial charge in [-0.05, 0) is 26.7 Å². The van der Waals surface area contributed by atoms with Gasteiger partial charge in [-0.15, -0.1) is 0 Å². The smallest absolute Gasteiger partial charge is 0.208 e. The summed E-state index contributed by atoms with van der Waals surface area (Å²) in [7, 11) is 0. The van der Waals surface area contributed by atoms with E-state index in [1.807, 2.05) is 13.8 Å². The predicted molar refractivity (Wildman–Crippen MR) is 51.8 cm³/mol. The third kappa shape index (κ3) is 1.96. The molecule has 4 heteroatoms. The van der Waals surface area contributed by atoms with Gasteiger partial charge in [0.2, 0.25) is 5.89 Å². The predicted octanol–water partition coefficient (Wildman–Crippen LogP) is 0.904. The SMILES string of the molecule is Cc1nc(CNC2CC(O)C2)oc1C. The van der Waals surface area contributed by atoms with E-state index in [0.29, 0.717) is 12.6 Å². The standard InChI is InChI=1S/C10H16N2O2/c1-6-7(2)14-10(12-6)5-11-8-3-9(13)4-8/h8-9,11,13H,3-5H2,1-2H3. The molecule has 0 bridgehead atoms. The monoisotopic (exact) mass is 196 g/mol. The van der Waals surface area contributed by atoms with Crippen LogP contribution in [0.15, 0.2) is 4.42 Å². The molecule has 0 spiro atoms. The first-order chi connectivity index (χ1) is 6.65. The Kier molecular flexibility index (Phi) is 2.56. The molecule has 1 heterocycles. The highest BCUT2D eigenvalue weighted by molar-refractivity contribution is 5.05. The molecule has 1 aliphatic rings. The van der Waals surface area contributed by atoms with Gasteiger partial charge in [-0.25, -0.2) is 4.98 Å². The second kappa shape index (κ2) is 3.71. The summed E-state index contributed by atoms with van der Waals surface area (Å²) in [5.41, 5.74) is 0.954. The van der Waals surface area contributed by atoms with E-state index in [1.54, 1.807) is 0 Å². The molecule has 14 heavy (non-hydrogen) atoms. The Morgan fingerprint density at radius 2 is 2.21 bits per heavy atom. The van der Waals surface area contributed by atoms with Gasteiger partial charge in [0.25, 0.3) is 0 Å². The maximum Gasteiger partial charge on any atom is 0.208 e. The molecule has 0 aromatic carbocycles. The van der Waals surface area contributed by atoms with Gasteiger partial charge in [0, 0.05) is 6.04 Å². The van der Waals surface area contributed by atoms with Gasteiger partial charge in [0.1, 0.15) is 5.76 Å². The summed E-state index contributed by atoms with van der Waals surface area (Å²) in [6.45, 7) is 4.51. The third-order valence-electron chi connectivity index (χ3n) is 2.73. The van der Waals surface area contributed by atoms with E-state index in [-0.39, 0.29) is 6.10 Å². The number of aliphatic hydroxyl groups is 1. The number of hydrogen-bond acceptors (Lipinski definition) is 4. The molecule has 2 rings (SSSR count). The number of aromatic nitrogens is 1. The summed E-state index contributed by atoms with van der Waals surface area (Å²) in [6.07, 6.45) is 1.58. The molecule has 1 aromatic rings. The van der Waals surface area contributed by atoms with Crippen LogP contribution in [-0.4, -0.2) is 22.2 Å². The van der Waals surface area contributed by atoms with Crippen LogP contribution in [0.4, 0.5) is 0 Å². The zero-order valence-electron chi connectivity index (χ0n) is 8.58. The second-order valence-corrected chi connectivity index (χ2v) is 3.95. The van der Waals surface area contributed by atoms with E-state index in [0.717, 1.165) is 30.2 Å². The van der Waals surface area contributed by atoms with E-state index in [9.17, 15) is 0 Å². The van der Waals surface area contributed by atoms with Crippen molar-refractivity contribution in [2.75, 3.05) is 0 Å².